The number of nitrogens with zero attached hydrogens (tertiary/aromatic N) is 3. The van der Waals surface area contributed by atoms with E-state index in [-0.39, 0.29) is 22.1 Å². The lowest BCUT2D eigenvalue weighted by atomic mass is 10.2. The predicted octanol–water partition coefficient (Wildman–Crippen LogP) is 2.99. The summed E-state index contributed by atoms with van der Waals surface area (Å²) in [6.45, 7) is 2.39. The van der Waals surface area contributed by atoms with Crippen molar-refractivity contribution >= 4 is 27.3 Å². The number of halogens is 1. The summed E-state index contributed by atoms with van der Waals surface area (Å²) in [4.78, 5) is 20.8. The van der Waals surface area contributed by atoms with E-state index in [1.807, 2.05) is 24.3 Å². The van der Waals surface area contributed by atoms with E-state index >= 15 is 0 Å². The molecule has 4 rings (SSSR count). The summed E-state index contributed by atoms with van der Waals surface area (Å²) < 4.78 is 45.7. The van der Waals surface area contributed by atoms with Crippen LogP contribution in [0, 0.1) is 5.82 Å². The number of sulfonamides is 1. The molecule has 0 bridgehead atoms. The van der Waals surface area contributed by atoms with Crippen LogP contribution in [0.15, 0.2) is 71.9 Å². The molecule has 0 unspecified atom stereocenters. The number of nitrogens with one attached hydrogen (secondary N) is 1. The van der Waals surface area contributed by atoms with Crippen LogP contribution in [0.2, 0.25) is 0 Å². The highest BCUT2D eigenvalue weighted by Gasteiger charge is 2.23. The maximum absolute atomic E-state index is 13.1. The summed E-state index contributed by atoms with van der Waals surface area (Å²) in [6, 6.07) is 13.7. The zero-order valence-electron chi connectivity index (χ0n) is 17.9. The molecular formula is C23H23FN4O4S. The van der Waals surface area contributed by atoms with Crippen molar-refractivity contribution in [3.05, 3.63) is 78.4 Å². The molecule has 1 aliphatic heterocycles. The monoisotopic (exact) mass is 470 g/mol. The number of piperazine rings is 1. The molecule has 1 amide bonds. The lowest BCUT2D eigenvalue weighted by Gasteiger charge is -2.36. The van der Waals surface area contributed by atoms with Crippen molar-refractivity contribution in [2.45, 2.75) is 4.90 Å². The minimum absolute atomic E-state index is 0.0877. The molecule has 1 aromatic heterocycles. The van der Waals surface area contributed by atoms with Gasteiger partial charge in [-0.25, -0.2) is 12.8 Å². The van der Waals surface area contributed by atoms with E-state index in [1.54, 1.807) is 12.0 Å². The summed E-state index contributed by atoms with van der Waals surface area (Å²) in [5, 5.41) is 0. The van der Waals surface area contributed by atoms with Gasteiger partial charge in [0.1, 0.15) is 11.6 Å². The quantitative estimate of drug-likeness (QED) is 0.596. The highest BCUT2D eigenvalue weighted by molar-refractivity contribution is 7.92. The Morgan fingerprint density at radius 2 is 1.67 bits per heavy atom. The third-order valence-corrected chi connectivity index (χ3v) is 6.76. The Balaban J connectivity index is 1.41. The second kappa shape index (κ2) is 9.45. The van der Waals surface area contributed by atoms with Crippen LogP contribution < -0.4 is 14.4 Å². The van der Waals surface area contributed by atoms with Gasteiger partial charge in [0.2, 0.25) is 0 Å². The van der Waals surface area contributed by atoms with Crippen molar-refractivity contribution in [2.75, 3.05) is 42.9 Å². The largest absolute Gasteiger partial charge is 0.497 e. The number of methoxy groups -OCH3 is 1. The minimum atomic E-state index is -3.94. The Bertz CT molecular complexity index is 1230. The SMILES string of the molecule is COc1ccc(N2CCN(C(=O)c3cncc(NS(=O)(=O)c4ccc(F)cc4)c3)CC2)cc1. The minimum Gasteiger partial charge on any atom is -0.497 e. The zero-order chi connectivity index (χ0) is 23.4. The van der Waals surface area contributed by atoms with Gasteiger partial charge in [-0.3, -0.25) is 14.5 Å². The molecule has 0 aliphatic carbocycles. The normalized spacial score (nSPS) is 14.1. The molecule has 0 saturated carbocycles. The smallest absolute Gasteiger partial charge is 0.261 e. The number of ether oxygens (including phenoxy) is 1. The van der Waals surface area contributed by atoms with Crippen LogP contribution in [0.25, 0.3) is 0 Å². The number of carbonyl (C=O) groups is 1. The molecule has 172 valence electrons. The molecule has 1 saturated heterocycles. The van der Waals surface area contributed by atoms with Crippen molar-refractivity contribution in [2.24, 2.45) is 0 Å². The average Bonchev–Trinajstić information content (AvgIpc) is 2.84. The molecule has 2 aromatic carbocycles. The fraction of sp³-hybridized carbons (Fsp3) is 0.217. The first kappa shape index (κ1) is 22.5. The first-order valence-electron chi connectivity index (χ1n) is 10.3. The van der Waals surface area contributed by atoms with E-state index in [0.29, 0.717) is 26.2 Å². The molecule has 0 atom stereocenters. The molecule has 10 heteroatoms. The van der Waals surface area contributed by atoms with Crippen molar-refractivity contribution in [1.29, 1.82) is 0 Å². The van der Waals surface area contributed by atoms with Gasteiger partial charge in [0.25, 0.3) is 15.9 Å². The Kier molecular flexibility index (Phi) is 6.45. The van der Waals surface area contributed by atoms with Crippen LogP contribution in [-0.2, 0) is 10.0 Å². The van der Waals surface area contributed by atoms with Gasteiger partial charge in [0.15, 0.2) is 0 Å². The molecule has 8 nitrogen and oxygen atoms in total. The third-order valence-electron chi connectivity index (χ3n) is 5.37. The second-order valence-corrected chi connectivity index (χ2v) is 9.18. The van der Waals surface area contributed by atoms with Crippen LogP contribution in [0.1, 0.15) is 10.4 Å². The van der Waals surface area contributed by atoms with Gasteiger partial charge in [-0.05, 0) is 54.6 Å². The van der Waals surface area contributed by atoms with Crippen molar-refractivity contribution in [3.63, 3.8) is 0 Å². The van der Waals surface area contributed by atoms with E-state index in [9.17, 15) is 17.6 Å². The fourth-order valence-corrected chi connectivity index (χ4v) is 4.62. The van der Waals surface area contributed by atoms with Crippen molar-refractivity contribution < 1.29 is 22.3 Å². The molecule has 0 radical (unpaired) electrons. The van der Waals surface area contributed by atoms with E-state index in [2.05, 4.69) is 14.6 Å². The second-order valence-electron chi connectivity index (χ2n) is 7.50. The average molecular weight is 471 g/mol. The Morgan fingerprint density at radius 3 is 2.30 bits per heavy atom. The molecule has 3 aromatic rings. The number of rotatable bonds is 6. The third kappa shape index (κ3) is 5.23. The first-order chi connectivity index (χ1) is 15.9. The summed E-state index contributed by atoms with van der Waals surface area (Å²) in [7, 11) is -2.32. The maximum atomic E-state index is 13.1. The number of benzene rings is 2. The number of carbonyl (C=O) groups excluding carboxylic acids is 1. The van der Waals surface area contributed by atoms with Gasteiger partial charge >= 0.3 is 0 Å². The maximum Gasteiger partial charge on any atom is 0.261 e. The Labute approximate surface area is 191 Å². The van der Waals surface area contributed by atoms with E-state index in [4.69, 9.17) is 4.74 Å². The van der Waals surface area contributed by atoms with Crippen LogP contribution >= 0.6 is 0 Å². The van der Waals surface area contributed by atoms with Crippen molar-refractivity contribution in [1.82, 2.24) is 9.88 Å². The molecule has 1 N–H and O–H groups in total. The van der Waals surface area contributed by atoms with Crippen LogP contribution in [0.3, 0.4) is 0 Å². The summed E-state index contributed by atoms with van der Waals surface area (Å²) >= 11 is 0. The Hall–Kier alpha value is -3.66. The van der Waals surface area contributed by atoms with Gasteiger partial charge in [0, 0.05) is 38.1 Å². The van der Waals surface area contributed by atoms with Crippen LogP contribution in [0.4, 0.5) is 15.8 Å². The first-order valence-corrected chi connectivity index (χ1v) is 11.8. The van der Waals surface area contributed by atoms with Gasteiger partial charge in [-0.15, -0.1) is 0 Å². The van der Waals surface area contributed by atoms with E-state index in [0.717, 1.165) is 23.6 Å². The van der Waals surface area contributed by atoms with Gasteiger partial charge in [-0.2, -0.15) is 0 Å². The number of pyridine rings is 1. The van der Waals surface area contributed by atoms with Crippen molar-refractivity contribution in [3.8, 4) is 5.75 Å². The number of amides is 1. The number of aromatic nitrogens is 1. The van der Waals surface area contributed by atoms with Crippen LogP contribution in [0.5, 0.6) is 5.75 Å². The Morgan fingerprint density at radius 1 is 1.00 bits per heavy atom. The highest BCUT2D eigenvalue weighted by Crippen LogP contribution is 2.22. The summed E-state index contributed by atoms with van der Waals surface area (Å²) in [6.07, 6.45) is 2.73. The van der Waals surface area contributed by atoms with Gasteiger partial charge < -0.3 is 14.5 Å². The van der Waals surface area contributed by atoms with E-state index < -0.39 is 15.8 Å². The van der Waals surface area contributed by atoms with Gasteiger partial charge in [-0.1, -0.05) is 0 Å². The summed E-state index contributed by atoms with van der Waals surface area (Å²) in [5.74, 6) is 0.0324. The molecule has 2 heterocycles. The number of hydrogen-bond donors (Lipinski definition) is 1. The zero-order valence-corrected chi connectivity index (χ0v) is 18.8. The molecule has 0 spiro atoms. The molecular weight excluding hydrogens is 447 g/mol. The lowest BCUT2D eigenvalue weighted by Crippen LogP contribution is -2.48. The molecule has 33 heavy (non-hydrogen) atoms. The topological polar surface area (TPSA) is 91.8 Å². The highest BCUT2D eigenvalue weighted by atomic mass is 32.2. The fourth-order valence-electron chi connectivity index (χ4n) is 3.58. The predicted molar refractivity (Wildman–Crippen MR) is 123 cm³/mol. The number of anilines is 2. The van der Waals surface area contributed by atoms with Gasteiger partial charge in [0.05, 0.1) is 29.5 Å². The molecule has 1 aliphatic rings. The van der Waals surface area contributed by atoms with E-state index in [1.165, 1.54) is 30.6 Å². The molecule has 1 fully saturated rings. The standard InChI is InChI=1S/C23H23FN4O4S/c1-32-21-6-4-20(5-7-21)27-10-12-28(13-11-27)23(29)17-14-19(16-25-15-17)26-33(30,31)22-8-2-18(24)3-9-22/h2-9,14-16,26H,10-13H2,1H3. The number of hydrogen-bond acceptors (Lipinski definition) is 6. The van der Waals surface area contributed by atoms with Crippen LogP contribution in [-0.4, -0.2) is 57.5 Å². The summed E-state index contributed by atoms with van der Waals surface area (Å²) in [5.41, 5.74) is 1.50. The lowest BCUT2D eigenvalue weighted by molar-refractivity contribution is 0.0746.